The quantitative estimate of drug-likeness (QED) is 0.847. The molecule has 3 rings (SSSR count). The first kappa shape index (κ1) is 19.2. The van der Waals surface area contributed by atoms with Crippen LogP contribution < -0.4 is 5.32 Å². The standard InChI is InChI=1S/C20H27N3O4/c1-20(18(25)26)9-12-23(14-20)19(27)21-13-15-5-7-16(8-6-15)17(24)22-10-3-2-4-11-22/h5-8H,2-4,9-14H2,1H3,(H,21,27)(H,25,26). The minimum atomic E-state index is -0.869. The van der Waals surface area contributed by atoms with E-state index in [4.69, 9.17) is 0 Å². The van der Waals surface area contributed by atoms with Gasteiger partial charge in [-0.25, -0.2) is 4.79 Å². The molecule has 3 amide bonds. The highest BCUT2D eigenvalue weighted by Crippen LogP contribution is 2.30. The number of hydrogen-bond donors (Lipinski definition) is 2. The molecule has 0 saturated carbocycles. The molecule has 7 heteroatoms. The van der Waals surface area contributed by atoms with Crippen molar-refractivity contribution in [1.82, 2.24) is 15.1 Å². The number of carboxylic acids is 1. The molecule has 146 valence electrons. The van der Waals surface area contributed by atoms with Crippen molar-refractivity contribution in [2.45, 2.75) is 39.2 Å². The number of hydrogen-bond acceptors (Lipinski definition) is 3. The number of benzene rings is 1. The summed E-state index contributed by atoms with van der Waals surface area (Å²) >= 11 is 0. The van der Waals surface area contributed by atoms with E-state index in [1.54, 1.807) is 24.0 Å². The van der Waals surface area contributed by atoms with Crippen molar-refractivity contribution in [2.75, 3.05) is 26.2 Å². The molecule has 1 unspecified atom stereocenters. The van der Waals surface area contributed by atoms with Gasteiger partial charge in [0.05, 0.1) is 5.41 Å². The van der Waals surface area contributed by atoms with Crippen LogP contribution in [0.15, 0.2) is 24.3 Å². The molecular weight excluding hydrogens is 346 g/mol. The van der Waals surface area contributed by atoms with E-state index in [-0.39, 0.29) is 18.5 Å². The van der Waals surface area contributed by atoms with Crippen molar-refractivity contribution in [1.29, 1.82) is 0 Å². The normalized spacial score (nSPS) is 22.6. The van der Waals surface area contributed by atoms with Crippen LogP contribution in [0.1, 0.15) is 48.5 Å². The number of likely N-dealkylation sites (tertiary alicyclic amines) is 2. The summed E-state index contributed by atoms with van der Waals surface area (Å²) < 4.78 is 0. The third kappa shape index (κ3) is 4.40. The van der Waals surface area contributed by atoms with Crippen LogP contribution in [0, 0.1) is 5.41 Å². The van der Waals surface area contributed by atoms with Crippen molar-refractivity contribution in [3.8, 4) is 0 Å². The predicted molar refractivity (Wildman–Crippen MR) is 100 cm³/mol. The summed E-state index contributed by atoms with van der Waals surface area (Å²) in [4.78, 5) is 39.5. The lowest BCUT2D eigenvalue weighted by molar-refractivity contribution is -0.147. The van der Waals surface area contributed by atoms with Crippen LogP contribution in [-0.2, 0) is 11.3 Å². The van der Waals surface area contributed by atoms with Gasteiger partial charge in [0.1, 0.15) is 0 Å². The maximum Gasteiger partial charge on any atom is 0.317 e. The predicted octanol–water partition coefficient (Wildman–Crippen LogP) is 2.32. The fraction of sp³-hybridized carbons (Fsp3) is 0.550. The van der Waals surface area contributed by atoms with Gasteiger partial charge in [0, 0.05) is 38.3 Å². The van der Waals surface area contributed by atoms with Crippen molar-refractivity contribution in [3.63, 3.8) is 0 Å². The first-order valence-corrected chi connectivity index (χ1v) is 9.53. The minimum Gasteiger partial charge on any atom is -0.481 e. The van der Waals surface area contributed by atoms with E-state index in [1.807, 2.05) is 17.0 Å². The Bertz CT molecular complexity index is 712. The second kappa shape index (κ2) is 7.98. The maximum absolute atomic E-state index is 12.5. The maximum atomic E-state index is 12.5. The molecule has 0 radical (unpaired) electrons. The topological polar surface area (TPSA) is 90.0 Å². The minimum absolute atomic E-state index is 0.0651. The third-order valence-corrected chi connectivity index (χ3v) is 5.56. The molecule has 7 nitrogen and oxygen atoms in total. The fourth-order valence-electron chi connectivity index (χ4n) is 3.64. The smallest absolute Gasteiger partial charge is 0.317 e. The van der Waals surface area contributed by atoms with Crippen LogP contribution in [0.25, 0.3) is 0 Å². The number of carbonyl (C=O) groups is 3. The Balaban J connectivity index is 1.51. The van der Waals surface area contributed by atoms with E-state index in [2.05, 4.69) is 5.32 Å². The van der Waals surface area contributed by atoms with Crippen molar-refractivity contribution in [2.24, 2.45) is 5.41 Å². The molecule has 2 heterocycles. The Morgan fingerprint density at radius 2 is 1.70 bits per heavy atom. The molecule has 2 N–H and O–H groups in total. The van der Waals surface area contributed by atoms with E-state index in [1.165, 1.54) is 6.42 Å². The Morgan fingerprint density at radius 1 is 1.04 bits per heavy atom. The SMILES string of the molecule is CC1(C(=O)O)CCN(C(=O)NCc2ccc(C(=O)N3CCCCC3)cc2)C1. The first-order valence-electron chi connectivity index (χ1n) is 9.53. The van der Waals surface area contributed by atoms with Gasteiger partial charge in [-0.1, -0.05) is 12.1 Å². The highest BCUT2D eigenvalue weighted by Gasteiger charge is 2.42. The Kier molecular flexibility index (Phi) is 5.68. The van der Waals surface area contributed by atoms with Crippen LogP contribution in [0.3, 0.4) is 0 Å². The van der Waals surface area contributed by atoms with Crippen molar-refractivity contribution < 1.29 is 19.5 Å². The average Bonchev–Trinajstić information content (AvgIpc) is 3.10. The first-order chi connectivity index (χ1) is 12.9. The zero-order valence-corrected chi connectivity index (χ0v) is 15.7. The lowest BCUT2D eigenvalue weighted by Crippen LogP contribution is -2.40. The Morgan fingerprint density at radius 3 is 2.30 bits per heavy atom. The molecule has 0 spiro atoms. The largest absolute Gasteiger partial charge is 0.481 e. The van der Waals surface area contributed by atoms with Crippen LogP contribution >= 0.6 is 0 Å². The Labute approximate surface area is 159 Å². The molecule has 2 fully saturated rings. The number of urea groups is 1. The number of rotatable bonds is 4. The Hall–Kier alpha value is -2.57. The summed E-state index contributed by atoms with van der Waals surface area (Å²) in [5, 5.41) is 12.1. The van der Waals surface area contributed by atoms with Crippen LogP contribution in [0.5, 0.6) is 0 Å². The number of aliphatic carboxylic acids is 1. The van der Waals surface area contributed by atoms with E-state index in [0.717, 1.165) is 31.5 Å². The number of nitrogens with zero attached hydrogens (tertiary/aromatic N) is 2. The summed E-state index contributed by atoms with van der Waals surface area (Å²) in [6, 6.07) is 7.05. The molecule has 1 aromatic carbocycles. The van der Waals surface area contributed by atoms with Crippen molar-refractivity contribution >= 4 is 17.9 Å². The highest BCUT2D eigenvalue weighted by atomic mass is 16.4. The van der Waals surface area contributed by atoms with Gasteiger partial charge in [-0.15, -0.1) is 0 Å². The second-order valence-corrected chi connectivity index (χ2v) is 7.75. The highest BCUT2D eigenvalue weighted by molar-refractivity contribution is 5.94. The lowest BCUT2D eigenvalue weighted by atomic mass is 9.90. The number of carboxylic acid groups (broad SMARTS) is 1. The number of nitrogens with one attached hydrogen (secondary N) is 1. The van der Waals surface area contributed by atoms with Gasteiger partial charge in [-0.3, -0.25) is 9.59 Å². The zero-order chi connectivity index (χ0) is 19.4. The molecule has 1 atom stereocenters. The molecule has 0 bridgehead atoms. The molecule has 1 aromatic rings. The average molecular weight is 373 g/mol. The second-order valence-electron chi connectivity index (χ2n) is 7.75. The van der Waals surface area contributed by atoms with E-state index >= 15 is 0 Å². The van der Waals surface area contributed by atoms with Gasteiger partial charge in [0.2, 0.25) is 0 Å². The zero-order valence-electron chi connectivity index (χ0n) is 15.7. The summed E-state index contributed by atoms with van der Waals surface area (Å²) in [5.41, 5.74) is 0.704. The van der Waals surface area contributed by atoms with E-state index in [9.17, 15) is 19.5 Å². The van der Waals surface area contributed by atoms with Gasteiger partial charge in [0.25, 0.3) is 5.91 Å². The molecule has 0 aliphatic carbocycles. The monoisotopic (exact) mass is 373 g/mol. The van der Waals surface area contributed by atoms with Gasteiger partial charge >= 0.3 is 12.0 Å². The van der Waals surface area contributed by atoms with Crippen LogP contribution in [0.4, 0.5) is 4.79 Å². The van der Waals surface area contributed by atoms with E-state index in [0.29, 0.717) is 25.1 Å². The number of amides is 3. The molecule has 2 aliphatic heterocycles. The third-order valence-electron chi connectivity index (χ3n) is 5.56. The summed E-state index contributed by atoms with van der Waals surface area (Å²) in [7, 11) is 0. The molecule has 2 aliphatic rings. The molecular formula is C20H27N3O4. The number of piperidine rings is 1. The fourth-order valence-corrected chi connectivity index (χ4v) is 3.64. The molecule has 2 saturated heterocycles. The van der Waals surface area contributed by atoms with E-state index < -0.39 is 11.4 Å². The molecule has 27 heavy (non-hydrogen) atoms. The molecule has 0 aromatic heterocycles. The van der Waals surface area contributed by atoms with Gasteiger partial charge in [-0.2, -0.15) is 0 Å². The van der Waals surface area contributed by atoms with Gasteiger partial charge in [-0.05, 0) is 50.3 Å². The van der Waals surface area contributed by atoms with Gasteiger partial charge in [0.15, 0.2) is 0 Å². The van der Waals surface area contributed by atoms with Gasteiger partial charge < -0.3 is 20.2 Å². The van der Waals surface area contributed by atoms with Crippen LogP contribution in [-0.4, -0.2) is 59.0 Å². The number of carbonyl (C=O) groups excluding carboxylic acids is 2. The van der Waals surface area contributed by atoms with Crippen LogP contribution in [0.2, 0.25) is 0 Å². The summed E-state index contributed by atoms with van der Waals surface area (Å²) in [5.74, 6) is -0.804. The lowest BCUT2D eigenvalue weighted by Gasteiger charge is -2.26. The van der Waals surface area contributed by atoms with Crippen molar-refractivity contribution in [3.05, 3.63) is 35.4 Å². The summed E-state index contributed by atoms with van der Waals surface area (Å²) in [6.45, 7) is 4.32. The summed E-state index contributed by atoms with van der Waals surface area (Å²) in [6.07, 6.45) is 3.77.